The van der Waals surface area contributed by atoms with Crippen molar-refractivity contribution >= 4 is 6.09 Å². The van der Waals surface area contributed by atoms with E-state index in [0.29, 0.717) is 0 Å². The van der Waals surface area contributed by atoms with Crippen LogP contribution in [0.1, 0.15) is 40.0 Å². The molecular formula is C11H22N2O2. The van der Waals surface area contributed by atoms with Gasteiger partial charge in [-0.1, -0.05) is 6.42 Å². The highest BCUT2D eigenvalue weighted by Crippen LogP contribution is 2.14. The molecule has 0 aromatic rings. The van der Waals surface area contributed by atoms with Gasteiger partial charge < -0.3 is 4.74 Å². The van der Waals surface area contributed by atoms with Crippen molar-refractivity contribution in [3.63, 3.8) is 0 Å². The molecule has 0 aromatic carbocycles. The van der Waals surface area contributed by atoms with Gasteiger partial charge in [0.2, 0.25) is 0 Å². The Hall–Kier alpha value is -0.770. The summed E-state index contributed by atoms with van der Waals surface area (Å²) in [6, 6.07) is 0. The van der Waals surface area contributed by atoms with Gasteiger partial charge in [-0.3, -0.25) is 0 Å². The van der Waals surface area contributed by atoms with Crippen LogP contribution in [0.25, 0.3) is 0 Å². The number of amides is 1. The van der Waals surface area contributed by atoms with Crippen LogP contribution in [0.4, 0.5) is 4.79 Å². The van der Waals surface area contributed by atoms with E-state index in [2.05, 4.69) is 0 Å². The summed E-state index contributed by atoms with van der Waals surface area (Å²) in [4.78, 5) is 11.8. The summed E-state index contributed by atoms with van der Waals surface area (Å²) in [5, 5.41) is 3.67. The van der Waals surface area contributed by atoms with Gasteiger partial charge >= 0.3 is 6.09 Å². The van der Waals surface area contributed by atoms with Gasteiger partial charge in [0.05, 0.1) is 0 Å². The van der Waals surface area contributed by atoms with Crippen LogP contribution < -0.4 is 0 Å². The maximum absolute atomic E-state index is 11.8. The molecule has 0 N–H and O–H groups in total. The van der Waals surface area contributed by atoms with Crippen molar-refractivity contribution in [2.75, 3.05) is 20.1 Å². The number of hydrazine groups is 1. The molecule has 0 atom stereocenters. The third kappa shape index (κ3) is 4.08. The number of carbonyl (C=O) groups is 1. The van der Waals surface area contributed by atoms with Crippen molar-refractivity contribution < 1.29 is 9.53 Å². The van der Waals surface area contributed by atoms with E-state index in [1.165, 1.54) is 6.42 Å². The fourth-order valence-corrected chi connectivity index (χ4v) is 1.62. The van der Waals surface area contributed by atoms with Crippen LogP contribution in [0.15, 0.2) is 0 Å². The first-order valence-electron chi connectivity index (χ1n) is 5.62. The lowest BCUT2D eigenvalue weighted by molar-refractivity contribution is -0.0344. The van der Waals surface area contributed by atoms with E-state index in [4.69, 9.17) is 4.74 Å². The van der Waals surface area contributed by atoms with Crippen LogP contribution in [0.2, 0.25) is 0 Å². The van der Waals surface area contributed by atoms with E-state index in [9.17, 15) is 4.79 Å². The third-order valence-corrected chi connectivity index (χ3v) is 2.37. The van der Waals surface area contributed by atoms with E-state index < -0.39 is 5.60 Å². The zero-order valence-corrected chi connectivity index (χ0v) is 10.2. The van der Waals surface area contributed by atoms with Gasteiger partial charge in [0.1, 0.15) is 5.60 Å². The molecule has 0 aliphatic carbocycles. The van der Waals surface area contributed by atoms with Crippen LogP contribution in [-0.4, -0.2) is 41.8 Å². The van der Waals surface area contributed by atoms with E-state index >= 15 is 0 Å². The Labute approximate surface area is 92.1 Å². The lowest BCUT2D eigenvalue weighted by atomic mass is 10.2. The molecule has 4 heteroatoms. The number of ether oxygens (including phenoxy) is 1. The van der Waals surface area contributed by atoms with Crippen LogP contribution in [0.5, 0.6) is 0 Å². The largest absolute Gasteiger partial charge is 0.443 e. The molecule has 15 heavy (non-hydrogen) atoms. The van der Waals surface area contributed by atoms with Gasteiger partial charge in [-0.2, -0.15) is 0 Å². The summed E-state index contributed by atoms with van der Waals surface area (Å²) in [7, 11) is 1.94. The second kappa shape index (κ2) is 4.84. The second-order valence-corrected chi connectivity index (χ2v) is 5.05. The lowest BCUT2D eigenvalue weighted by Crippen LogP contribution is -2.46. The van der Waals surface area contributed by atoms with Crippen LogP contribution in [0, 0.1) is 0 Å². The van der Waals surface area contributed by atoms with E-state index in [-0.39, 0.29) is 6.09 Å². The van der Waals surface area contributed by atoms with Gasteiger partial charge in [-0.05, 0) is 33.6 Å². The minimum Gasteiger partial charge on any atom is -0.443 e. The summed E-state index contributed by atoms with van der Waals surface area (Å²) in [5.41, 5.74) is -0.412. The fraction of sp³-hybridized carbons (Fsp3) is 0.909. The summed E-state index contributed by atoms with van der Waals surface area (Å²) in [5.74, 6) is 0. The Morgan fingerprint density at radius 3 is 2.33 bits per heavy atom. The molecule has 0 spiro atoms. The average molecular weight is 214 g/mol. The van der Waals surface area contributed by atoms with Crippen LogP contribution in [0.3, 0.4) is 0 Å². The average Bonchev–Trinajstić information content (AvgIpc) is 2.26. The molecule has 1 rings (SSSR count). The molecule has 1 aliphatic heterocycles. The molecule has 0 unspecified atom stereocenters. The molecule has 1 aliphatic rings. The smallest absolute Gasteiger partial charge is 0.424 e. The van der Waals surface area contributed by atoms with E-state index in [1.807, 2.05) is 32.8 Å². The number of hydrogen-bond donors (Lipinski definition) is 0. The van der Waals surface area contributed by atoms with Crippen molar-refractivity contribution in [2.24, 2.45) is 0 Å². The monoisotopic (exact) mass is 214 g/mol. The Morgan fingerprint density at radius 1 is 1.13 bits per heavy atom. The Kier molecular flexibility index (Phi) is 3.97. The van der Waals surface area contributed by atoms with Gasteiger partial charge in [0.25, 0.3) is 0 Å². The third-order valence-electron chi connectivity index (χ3n) is 2.37. The van der Waals surface area contributed by atoms with Crippen LogP contribution in [-0.2, 0) is 4.74 Å². The maximum Gasteiger partial charge on any atom is 0.424 e. The lowest BCUT2D eigenvalue weighted by Gasteiger charge is -2.32. The zero-order valence-electron chi connectivity index (χ0n) is 10.2. The molecule has 1 heterocycles. The molecule has 4 nitrogen and oxygen atoms in total. The SMILES string of the molecule is CN1CCCCCN1C(=O)OC(C)(C)C. The summed E-state index contributed by atoms with van der Waals surface area (Å²) >= 11 is 0. The number of nitrogens with zero attached hydrogens (tertiary/aromatic N) is 2. The number of hydrogen-bond acceptors (Lipinski definition) is 3. The first-order chi connectivity index (χ1) is 6.90. The molecular weight excluding hydrogens is 192 g/mol. The summed E-state index contributed by atoms with van der Waals surface area (Å²) in [6.45, 7) is 7.37. The molecule has 1 fully saturated rings. The van der Waals surface area contributed by atoms with Gasteiger partial charge in [-0.15, -0.1) is 0 Å². The van der Waals surface area contributed by atoms with Gasteiger partial charge in [0, 0.05) is 20.1 Å². The molecule has 1 amide bonds. The van der Waals surface area contributed by atoms with Crippen molar-refractivity contribution in [3.05, 3.63) is 0 Å². The Morgan fingerprint density at radius 2 is 1.73 bits per heavy atom. The van der Waals surface area contributed by atoms with Crippen molar-refractivity contribution in [1.82, 2.24) is 10.0 Å². The van der Waals surface area contributed by atoms with Gasteiger partial charge in [0.15, 0.2) is 0 Å². The summed E-state index contributed by atoms with van der Waals surface area (Å²) in [6.07, 6.45) is 3.16. The molecule has 0 radical (unpaired) electrons. The molecule has 0 aromatic heterocycles. The summed E-state index contributed by atoms with van der Waals surface area (Å²) < 4.78 is 5.35. The quantitative estimate of drug-likeness (QED) is 0.620. The highest BCUT2D eigenvalue weighted by Gasteiger charge is 2.25. The predicted molar refractivity (Wildman–Crippen MR) is 59.4 cm³/mol. The first-order valence-corrected chi connectivity index (χ1v) is 5.62. The minimum atomic E-state index is -0.412. The normalized spacial score (nSPS) is 19.9. The molecule has 0 bridgehead atoms. The predicted octanol–water partition coefficient (Wildman–Crippen LogP) is 2.25. The molecule has 0 saturated carbocycles. The topological polar surface area (TPSA) is 32.8 Å². The van der Waals surface area contributed by atoms with Gasteiger partial charge in [-0.25, -0.2) is 14.8 Å². The second-order valence-electron chi connectivity index (χ2n) is 5.05. The number of carbonyl (C=O) groups excluding carboxylic acids is 1. The molecule has 88 valence electrons. The maximum atomic E-state index is 11.8. The fourth-order valence-electron chi connectivity index (χ4n) is 1.62. The highest BCUT2D eigenvalue weighted by molar-refractivity contribution is 5.67. The zero-order chi connectivity index (χ0) is 11.5. The van der Waals surface area contributed by atoms with E-state index in [1.54, 1.807) is 5.01 Å². The molecule has 1 saturated heterocycles. The van der Waals surface area contributed by atoms with Crippen molar-refractivity contribution in [1.29, 1.82) is 0 Å². The van der Waals surface area contributed by atoms with Crippen molar-refractivity contribution in [3.8, 4) is 0 Å². The number of rotatable bonds is 0. The first kappa shape index (κ1) is 12.3. The highest BCUT2D eigenvalue weighted by atomic mass is 16.6. The van der Waals surface area contributed by atoms with E-state index in [0.717, 1.165) is 25.9 Å². The Bertz CT molecular complexity index is 223. The Balaban J connectivity index is 2.56. The van der Waals surface area contributed by atoms with Crippen molar-refractivity contribution in [2.45, 2.75) is 45.6 Å². The minimum absolute atomic E-state index is 0.230. The van der Waals surface area contributed by atoms with Crippen LogP contribution >= 0.6 is 0 Å². The standard InChI is InChI=1S/C11H22N2O2/c1-11(2,3)15-10(14)13-9-7-5-6-8-12(13)4/h5-9H2,1-4H3.